The van der Waals surface area contributed by atoms with E-state index in [-0.39, 0.29) is 30.7 Å². The van der Waals surface area contributed by atoms with Gasteiger partial charge in [-0.15, -0.1) is 0 Å². The minimum atomic E-state index is -1.06. The molecule has 0 heterocycles. The molecule has 27 heavy (non-hydrogen) atoms. The summed E-state index contributed by atoms with van der Waals surface area (Å²) < 4.78 is 10.4. The highest BCUT2D eigenvalue weighted by Crippen LogP contribution is 2.31. The van der Waals surface area contributed by atoms with Crippen molar-refractivity contribution in [2.75, 3.05) is 20.8 Å². The lowest BCUT2D eigenvalue weighted by molar-refractivity contribution is -0.138. The Morgan fingerprint density at radius 1 is 1.07 bits per heavy atom. The zero-order chi connectivity index (χ0) is 20.6. The van der Waals surface area contributed by atoms with Crippen LogP contribution in [0.4, 0.5) is 0 Å². The highest BCUT2D eigenvalue weighted by Gasteiger charge is 2.21. The summed E-state index contributed by atoms with van der Waals surface area (Å²) in [5, 5.41) is 14.3. The molecule has 8 nitrogen and oxygen atoms in total. The van der Waals surface area contributed by atoms with Crippen molar-refractivity contribution in [1.29, 1.82) is 0 Å². The summed E-state index contributed by atoms with van der Waals surface area (Å²) in [6, 6.07) is 4.15. The molecular weight excluding hydrogens is 352 g/mol. The summed E-state index contributed by atoms with van der Waals surface area (Å²) in [7, 11) is 2.96. The summed E-state index contributed by atoms with van der Waals surface area (Å²) in [5.41, 5.74) is 0.371. The monoisotopic (exact) mass is 380 g/mol. The molecule has 0 aliphatic rings. The molecule has 3 N–H and O–H groups in total. The van der Waals surface area contributed by atoms with E-state index in [0.29, 0.717) is 17.1 Å². The Labute approximate surface area is 159 Å². The van der Waals surface area contributed by atoms with Crippen LogP contribution in [0, 0.1) is 5.41 Å². The number of rotatable bonds is 9. The van der Waals surface area contributed by atoms with Crippen LogP contribution in [0.15, 0.2) is 18.2 Å². The quantitative estimate of drug-likeness (QED) is 0.603. The van der Waals surface area contributed by atoms with Crippen molar-refractivity contribution in [3.63, 3.8) is 0 Å². The molecular formula is C19H28N2O6. The molecule has 0 radical (unpaired) electrons. The van der Waals surface area contributed by atoms with Crippen LogP contribution in [0.1, 0.15) is 45.2 Å². The van der Waals surface area contributed by atoms with Gasteiger partial charge >= 0.3 is 5.97 Å². The van der Waals surface area contributed by atoms with Crippen molar-refractivity contribution in [3.8, 4) is 11.5 Å². The van der Waals surface area contributed by atoms with Gasteiger partial charge in [-0.05, 0) is 23.1 Å². The number of aliphatic carboxylic acids is 1. The number of hydrogen-bond acceptors (Lipinski definition) is 5. The molecule has 0 saturated carbocycles. The topological polar surface area (TPSA) is 114 Å². The summed E-state index contributed by atoms with van der Waals surface area (Å²) in [6.07, 6.45) is -0.0221. The van der Waals surface area contributed by atoms with Gasteiger partial charge in [0.25, 0.3) is 0 Å². The zero-order valence-electron chi connectivity index (χ0n) is 16.4. The van der Waals surface area contributed by atoms with Gasteiger partial charge in [0.1, 0.15) is 0 Å². The Morgan fingerprint density at radius 2 is 1.70 bits per heavy atom. The first-order valence-electron chi connectivity index (χ1n) is 8.55. The van der Waals surface area contributed by atoms with Crippen molar-refractivity contribution < 1.29 is 29.0 Å². The molecule has 0 aliphatic carbocycles. The summed E-state index contributed by atoms with van der Waals surface area (Å²) in [5.74, 6) is -0.849. The molecule has 8 heteroatoms. The van der Waals surface area contributed by atoms with Crippen LogP contribution < -0.4 is 20.1 Å². The SMILES string of the molecule is COc1ccc(C(CC(=O)O)NC(=O)CNC(=O)CC(C)(C)C)cc1OC. The number of ether oxygens (including phenoxy) is 2. The fraction of sp³-hybridized carbons (Fsp3) is 0.526. The van der Waals surface area contributed by atoms with Crippen LogP contribution >= 0.6 is 0 Å². The first kappa shape index (κ1) is 22.3. The average molecular weight is 380 g/mol. The lowest BCUT2D eigenvalue weighted by Crippen LogP contribution is -2.40. The number of nitrogens with one attached hydrogen (secondary N) is 2. The maximum Gasteiger partial charge on any atom is 0.305 e. The van der Waals surface area contributed by atoms with Crippen molar-refractivity contribution in [2.24, 2.45) is 5.41 Å². The van der Waals surface area contributed by atoms with E-state index in [1.807, 2.05) is 20.8 Å². The number of carboxylic acids is 1. The molecule has 150 valence electrons. The van der Waals surface area contributed by atoms with Gasteiger partial charge in [0, 0.05) is 6.42 Å². The Morgan fingerprint density at radius 3 is 2.22 bits per heavy atom. The van der Waals surface area contributed by atoms with Crippen LogP contribution in [0.5, 0.6) is 11.5 Å². The minimum absolute atomic E-state index is 0.188. The number of carbonyl (C=O) groups is 3. The minimum Gasteiger partial charge on any atom is -0.493 e. The molecule has 2 amide bonds. The standard InChI is InChI=1S/C19H28N2O6/c1-19(2,3)10-16(22)20-11-17(23)21-13(9-18(24)25)12-6-7-14(26-4)15(8-12)27-5/h6-8,13H,9-11H2,1-5H3,(H,20,22)(H,21,23)(H,24,25). The third-order valence-electron chi connectivity index (χ3n) is 3.66. The molecule has 0 aromatic heterocycles. The van der Waals surface area contributed by atoms with Crippen molar-refractivity contribution >= 4 is 17.8 Å². The molecule has 0 aliphatic heterocycles. The fourth-order valence-corrected chi connectivity index (χ4v) is 2.46. The highest BCUT2D eigenvalue weighted by molar-refractivity contribution is 5.85. The van der Waals surface area contributed by atoms with Crippen LogP contribution in [-0.4, -0.2) is 43.7 Å². The van der Waals surface area contributed by atoms with Gasteiger partial charge in [-0.1, -0.05) is 26.8 Å². The van der Waals surface area contributed by atoms with Crippen LogP contribution in [0.25, 0.3) is 0 Å². The smallest absolute Gasteiger partial charge is 0.305 e. The molecule has 1 aromatic carbocycles. The first-order valence-corrected chi connectivity index (χ1v) is 8.55. The van der Waals surface area contributed by atoms with Crippen molar-refractivity contribution in [1.82, 2.24) is 10.6 Å². The van der Waals surface area contributed by atoms with E-state index >= 15 is 0 Å². The lowest BCUT2D eigenvalue weighted by Gasteiger charge is -2.20. The van der Waals surface area contributed by atoms with Crippen LogP contribution in [-0.2, 0) is 14.4 Å². The average Bonchev–Trinajstić information content (AvgIpc) is 2.56. The van der Waals surface area contributed by atoms with Gasteiger partial charge < -0.3 is 25.2 Å². The Hall–Kier alpha value is -2.77. The number of hydrogen-bond donors (Lipinski definition) is 3. The zero-order valence-corrected chi connectivity index (χ0v) is 16.4. The van der Waals surface area contributed by atoms with E-state index in [0.717, 1.165) is 0 Å². The van der Waals surface area contributed by atoms with Gasteiger partial charge in [0.05, 0.1) is 33.2 Å². The van der Waals surface area contributed by atoms with E-state index < -0.39 is 17.9 Å². The first-order chi connectivity index (χ1) is 12.6. The molecule has 1 atom stereocenters. The normalized spacial score (nSPS) is 12.0. The number of carbonyl (C=O) groups excluding carboxylic acids is 2. The van der Waals surface area contributed by atoms with E-state index in [9.17, 15) is 14.4 Å². The Balaban J connectivity index is 2.82. The van der Waals surface area contributed by atoms with Gasteiger partial charge in [0.2, 0.25) is 11.8 Å². The predicted molar refractivity (Wildman–Crippen MR) is 99.8 cm³/mol. The molecule has 0 bridgehead atoms. The molecule has 1 rings (SSSR count). The Bertz CT molecular complexity index is 681. The third kappa shape index (κ3) is 7.98. The second kappa shape index (κ2) is 9.80. The number of amides is 2. The number of benzene rings is 1. The largest absolute Gasteiger partial charge is 0.493 e. The lowest BCUT2D eigenvalue weighted by atomic mass is 9.92. The predicted octanol–water partition coefficient (Wildman–Crippen LogP) is 1.89. The molecule has 0 spiro atoms. The van der Waals surface area contributed by atoms with Crippen molar-refractivity contribution in [3.05, 3.63) is 23.8 Å². The van der Waals surface area contributed by atoms with Gasteiger partial charge in [-0.25, -0.2) is 0 Å². The molecule has 1 aromatic rings. The van der Waals surface area contributed by atoms with Gasteiger partial charge in [-0.3, -0.25) is 14.4 Å². The van der Waals surface area contributed by atoms with Crippen LogP contribution in [0.3, 0.4) is 0 Å². The second-order valence-corrected chi connectivity index (χ2v) is 7.35. The number of carboxylic acid groups (broad SMARTS) is 1. The second-order valence-electron chi connectivity index (χ2n) is 7.35. The van der Waals surface area contributed by atoms with Crippen molar-refractivity contribution in [2.45, 2.75) is 39.7 Å². The summed E-state index contributed by atoms with van der Waals surface area (Å²) in [6.45, 7) is 5.55. The van der Waals surface area contributed by atoms with Gasteiger partial charge in [-0.2, -0.15) is 0 Å². The maximum atomic E-state index is 12.2. The maximum absolute atomic E-state index is 12.2. The third-order valence-corrected chi connectivity index (χ3v) is 3.66. The molecule has 0 saturated heterocycles. The highest BCUT2D eigenvalue weighted by atomic mass is 16.5. The number of methoxy groups -OCH3 is 2. The van der Waals surface area contributed by atoms with E-state index in [2.05, 4.69) is 10.6 Å². The van der Waals surface area contributed by atoms with E-state index in [1.54, 1.807) is 18.2 Å². The molecule has 0 fully saturated rings. The van der Waals surface area contributed by atoms with Crippen LogP contribution in [0.2, 0.25) is 0 Å². The summed E-state index contributed by atoms with van der Waals surface area (Å²) >= 11 is 0. The van der Waals surface area contributed by atoms with Gasteiger partial charge in [0.15, 0.2) is 11.5 Å². The van der Waals surface area contributed by atoms with E-state index in [1.165, 1.54) is 14.2 Å². The summed E-state index contributed by atoms with van der Waals surface area (Å²) in [4.78, 5) is 35.2. The van der Waals surface area contributed by atoms with E-state index in [4.69, 9.17) is 14.6 Å². The Kier molecular flexibility index (Phi) is 8.08. The fourth-order valence-electron chi connectivity index (χ4n) is 2.46. The molecule has 1 unspecified atom stereocenters.